The molecule has 2 aromatic rings. The van der Waals surface area contributed by atoms with Crippen molar-refractivity contribution in [1.29, 1.82) is 0 Å². The molecule has 0 aromatic carbocycles. The van der Waals surface area contributed by atoms with Gasteiger partial charge in [0.15, 0.2) is 17.9 Å². The standard InChI is InChI=1S/C14H20N4O4/c1-4-5-6-7-10(19)22-9-18-8-15-12-11(18)13(20)17(3)14(21)16(12)2/h8H,4-7,9H2,1-3H3. The van der Waals surface area contributed by atoms with Crippen LogP contribution in [0.1, 0.15) is 32.6 Å². The van der Waals surface area contributed by atoms with Crippen LogP contribution in [-0.2, 0) is 30.4 Å². The third-order valence-corrected chi connectivity index (χ3v) is 3.57. The van der Waals surface area contributed by atoms with Crippen LogP contribution >= 0.6 is 0 Å². The SMILES string of the molecule is CCCCCC(=O)OCn1cnc2c1c(=O)n(C)c(=O)n2C. The molecule has 2 heterocycles. The predicted molar refractivity (Wildman–Crippen MR) is 80.4 cm³/mol. The summed E-state index contributed by atoms with van der Waals surface area (Å²) in [5.41, 5.74) is -0.391. The van der Waals surface area contributed by atoms with Crippen LogP contribution in [-0.4, -0.2) is 24.7 Å². The number of fused-ring (bicyclic) bond motifs is 1. The molecule has 0 spiro atoms. The molecule has 0 saturated carbocycles. The largest absolute Gasteiger partial charge is 0.444 e. The molecule has 8 heteroatoms. The minimum atomic E-state index is -0.461. The normalized spacial score (nSPS) is 11.0. The van der Waals surface area contributed by atoms with Crippen molar-refractivity contribution < 1.29 is 9.53 Å². The average molecular weight is 308 g/mol. The van der Waals surface area contributed by atoms with Crippen molar-refractivity contribution in [3.63, 3.8) is 0 Å². The van der Waals surface area contributed by atoms with E-state index in [2.05, 4.69) is 11.9 Å². The van der Waals surface area contributed by atoms with Gasteiger partial charge in [-0.25, -0.2) is 9.78 Å². The Labute approximate surface area is 126 Å². The van der Waals surface area contributed by atoms with Crippen LogP contribution < -0.4 is 11.2 Å². The van der Waals surface area contributed by atoms with Gasteiger partial charge in [-0.3, -0.25) is 23.3 Å². The quantitative estimate of drug-likeness (QED) is 0.573. The zero-order chi connectivity index (χ0) is 16.3. The van der Waals surface area contributed by atoms with E-state index in [0.29, 0.717) is 6.42 Å². The Hall–Kier alpha value is -2.38. The number of ether oxygens (including phenoxy) is 1. The average Bonchev–Trinajstić information content (AvgIpc) is 2.93. The highest BCUT2D eigenvalue weighted by atomic mass is 16.5. The van der Waals surface area contributed by atoms with Gasteiger partial charge in [0.05, 0.1) is 0 Å². The first-order chi connectivity index (χ1) is 10.5. The topological polar surface area (TPSA) is 88.1 Å². The molecule has 2 aromatic heterocycles. The number of aryl methyl sites for hydroxylation is 1. The predicted octanol–water partition coefficient (Wildman–Crippen LogP) is 0.515. The van der Waals surface area contributed by atoms with Crippen LogP contribution in [0, 0.1) is 0 Å². The Morgan fingerprint density at radius 3 is 2.64 bits per heavy atom. The maximum absolute atomic E-state index is 12.2. The van der Waals surface area contributed by atoms with E-state index >= 15 is 0 Å². The molecule has 0 radical (unpaired) electrons. The van der Waals surface area contributed by atoms with Gasteiger partial charge in [-0.2, -0.15) is 0 Å². The molecule has 0 bridgehead atoms. The molecule has 2 rings (SSSR count). The lowest BCUT2D eigenvalue weighted by Crippen LogP contribution is -2.37. The Morgan fingerprint density at radius 1 is 1.23 bits per heavy atom. The highest BCUT2D eigenvalue weighted by Crippen LogP contribution is 2.07. The molecule has 0 fully saturated rings. The molecular formula is C14H20N4O4. The van der Waals surface area contributed by atoms with Crippen molar-refractivity contribution in [2.75, 3.05) is 0 Å². The first-order valence-corrected chi connectivity index (χ1v) is 7.23. The highest BCUT2D eigenvalue weighted by Gasteiger charge is 2.14. The number of esters is 1. The fourth-order valence-corrected chi connectivity index (χ4v) is 2.23. The van der Waals surface area contributed by atoms with Gasteiger partial charge in [0.1, 0.15) is 6.33 Å². The Balaban J connectivity index is 2.22. The summed E-state index contributed by atoms with van der Waals surface area (Å²) in [5, 5.41) is 0. The minimum Gasteiger partial charge on any atom is -0.444 e. The summed E-state index contributed by atoms with van der Waals surface area (Å²) in [6, 6.07) is 0. The summed E-state index contributed by atoms with van der Waals surface area (Å²) in [7, 11) is 2.94. The molecule has 22 heavy (non-hydrogen) atoms. The lowest BCUT2D eigenvalue weighted by Gasteiger charge is -2.07. The Bertz CT molecular complexity index is 800. The summed E-state index contributed by atoms with van der Waals surface area (Å²) in [6.07, 6.45) is 4.55. The highest BCUT2D eigenvalue weighted by molar-refractivity contribution is 5.71. The van der Waals surface area contributed by atoms with Crippen molar-refractivity contribution in [3.8, 4) is 0 Å². The molecule has 120 valence electrons. The van der Waals surface area contributed by atoms with Gasteiger partial charge < -0.3 is 4.74 Å². The number of hydrogen-bond donors (Lipinski definition) is 0. The van der Waals surface area contributed by atoms with E-state index in [1.807, 2.05) is 0 Å². The molecule has 0 unspecified atom stereocenters. The van der Waals surface area contributed by atoms with Crippen molar-refractivity contribution in [3.05, 3.63) is 27.2 Å². The summed E-state index contributed by atoms with van der Waals surface area (Å²) >= 11 is 0. The van der Waals surface area contributed by atoms with E-state index in [-0.39, 0.29) is 23.9 Å². The summed E-state index contributed by atoms with van der Waals surface area (Å²) in [5.74, 6) is -0.308. The lowest BCUT2D eigenvalue weighted by molar-refractivity contribution is -0.147. The minimum absolute atomic E-state index is 0.0884. The zero-order valence-corrected chi connectivity index (χ0v) is 13.0. The zero-order valence-electron chi connectivity index (χ0n) is 13.0. The van der Waals surface area contributed by atoms with Gasteiger partial charge in [-0.05, 0) is 6.42 Å². The van der Waals surface area contributed by atoms with Crippen LogP contribution in [0.25, 0.3) is 11.2 Å². The van der Waals surface area contributed by atoms with Gasteiger partial charge >= 0.3 is 11.7 Å². The van der Waals surface area contributed by atoms with E-state index in [1.165, 1.54) is 29.6 Å². The van der Waals surface area contributed by atoms with E-state index < -0.39 is 11.2 Å². The second-order valence-electron chi connectivity index (χ2n) is 5.19. The fourth-order valence-electron chi connectivity index (χ4n) is 2.23. The monoisotopic (exact) mass is 308 g/mol. The van der Waals surface area contributed by atoms with Crippen molar-refractivity contribution in [1.82, 2.24) is 18.7 Å². The molecule has 0 aliphatic rings. The maximum Gasteiger partial charge on any atom is 0.332 e. The van der Waals surface area contributed by atoms with Crippen LogP contribution in [0.15, 0.2) is 15.9 Å². The van der Waals surface area contributed by atoms with Crippen LogP contribution in [0.3, 0.4) is 0 Å². The first-order valence-electron chi connectivity index (χ1n) is 7.23. The number of aromatic nitrogens is 4. The van der Waals surface area contributed by atoms with Crippen LogP contribution in [0.4, 0.5) is 0 Å². The molecule has 0 N–H and O–H groups in total. The number of unbranched alkanes of at least 4 members (excludes halogenated alkanes) is 2. The van der Waals surface area contributed by atoms with E-state index in [0.717, 1.165) is 23.8 Å². The van der Waals surface area contributed by atoms with Crippen molar-refractivity contribution in [2.45, 2.75) is 39.3 Å². The van der Waals surface area contributed by atoms with Crippen LogP contribution in [0.5, 0.6) is 0 Å². The number of imidazole rings is 1. The Morgan fingerprint density at radius 2 is 1.95 bits per heavy atom. The van der Waals surface area contributed by atoms with Crippen LogP contribution in [0.2, 0.25) is 0 Å². The summed E-state index contributed by atoms with van der Waals surface area (Å²) in [4.78, 5) is 39.7. The fraction of sp³-hybridized carbons (Fsp3) is 0.571. The number of carbonyl (C=O) groups is 1. The number of rotatable bonds is 6. The smallest absolute Gasteiger partial charge is 0.332 e. The molecular weight excluding hydrogens is 288 g/mol. The maximum atomic E-state index is 12.2. The molecule has 0 atom stereocenters. The van der Waals surface area contributed by atoms with Gasteiger partial charge in [0, 0.05) is 20.5 Å². The molecule has 0 amide bonds. The Kier molecular flexibility index (Phi) is 4.79. The van der Waals surface area contributed by atoms with E-state index in [4.69, 9.17) is 4.74 Å². The third kappa shape index (κ3) is 2.95. The summed E-state index contributed by atoms with van der Waals surface area (Å²) < 4.78 is 8.89. The number of hydrogen-bond acceptors (Lipinski definition) is 5. The van der Waals surface area contributed by atoms with E-state index in [1.54, 1.807) is 0 Å². The molecule has 0 saturated heterocycles. The molecule has 8 nitrogen and oxygen atoms in total. The first kappa shape index (κ1) is 16.0. The van der Waals surface area contributed by atoms with Gasteiger partial charge in [-0.1, -0.05) is 19.8 Å². The van der Waals surface area contributed by atoms with Gasteiger partial charge in [-0.15, -0.1) is 0 Å². The third-order valence-electron chi connectivity index (χ3n) is 3.57. The summed E-state index contributed by atoms with van der Waals surface area (Å²) in [6.45, 7) is 1.97. The lowest BCUT2D eigenvalue weighted by atomic mass is 10.2. The molecule has 0 aliphatic heterocycles. The second-order valence-corrected chi connectivity index (χ2v) is 5.19. The molecule has 0 aliphatic carbocycles. The van der Waals surface area contributed by atoms with E-state index in [9.17, 15) is 14.4 Å². The second kappa shape index (κ2) is 6.59. The number of carbonyl (C=O) groups excluding carboxylic acids is 1. The van der Waals surface area contributed by atoms with Crippen molar-refractivity contribution >= 4 is 17.1 Å². The number of nitrogens with zero attached hydrogens (tertiary/aromatic N) is 4. The van der Waals surface area contributed by atoms with Crippen molar-refractivity contribution in [2.24, 2.45) is 14.1 Å². The van der Waals surface area contributed by atoms with Gasteiger partial charge in [0.2, 0.25) is 0 Å². The van der Waals surface area contributed by atoms with Gasteiger partial charge in [0.25, 0.3) is 5.56 Å².